The smallest absolute Gasteiger partial charge is 0.357 e. The first-order valence-corrected chi connectivity index (χ1v) is 9.61. The number of halogens is 3. The van der Waals surface area contributed by atoms with Gasteiger partial charge in [-0.25, -0.2) is 4.99 Å². The highest BCUT2D eigenvalue weighted by Gasteiger charge is 2.29. The Balaban J connectivity index is 1.85. The third-order valence-corrected chi connectivity index (χ3v) is 4.31. The van der Waals surface area contributed by atoms with Crippen LogP contribution in [0.1, 0.15) is 23.7 Å². The molecule has 0 spiro atoms. The molecule has 2 rings (SSSR count). The van der Waals surface area contributed by atoms with E-state index in [1.54, 1.807) is 18.1 Å². The van der Waals surface area contributed by atoms with Crippen molar-refractivity contribution in [1.82, 2.24) is 20.5 Å². The molecule has 1 aromatic heterocycles. The van der Waals surface area contributed by atoms with Crippen LogP contribution in [0.25, 0.3) is 0 Å². The van der Waals surface area contributed by atoms with Crippen molar-refractivity contribution >= 4 is 11.9 Å². The van der Waals surface area contributed by atoms with Crippen molar-refractivity contribution in [2.24, 2.45) is 4.99 Å². The number of rotatable bonds is 8. The van der Waals surface area contributed by atoms with E-state index < -0.39 is 11.7 Å². The van der Waals surface area contributed by atoms with Crippen LogP contribution in [0.15, 0.2) is 53.7 Å². The van der Waals surface area contributed by atoms with Gasteiger partial charge in [-0.1, -0.05) is 18.2 Å². The number of nitrogens with zero attached hydrogens (tertiary/aromatic N) is 3. The number of pyridine rings is 1. The third kappa shape index (κ3) is 7.73. The quantitative estimate of drug-likeness (QED) is 0.508. The van der Waals surface area contributed by atoms with E-state index in [2.05, 4.69) is 20.6 Å². The zero-order valence-corrected chi connectivity index (χ0v) is 17.0. The molecule has 30 heavy (non-hydrogen) atoms. The van der Waals surface area contributed by atoms with E-state index in [9.17, 15) is 18.0 Å². The summed E-state index contributed by atoms with van der Waals surface area (Å²) in [6, 6.07) is 10.5. The van der Waals surface area contributed by atoms with Crippen LogP contribution < -0.4 is 10.6 Å². The lowest BCUT2D eigenvalue weighted by molar-refractivity contribution is -0.137. The van der Waals surface area contributed by atoms with Crippen LogP contribution in [0.5, 0.6) is 0 Å². The van der Waals surface area contributed by atoms with Crippen molar-refractivity contribution in [1.29, 1.82) is 0 Å². The van der Waals surface area contributed by atoms with Crippen LogP contribution >= 0.6 is 0 Å². The minimum Gasteiger partial charge on any atom is -0.357 e. The van der Waals surface area contributed by atoms with Gasteiger partial charge in [0.2, 0.25) is 5.91 Å². The van der Waals surface area contributed by atoms with Crippen molar-refractivity contribution in [2.75, 3.05) is 26.7 Å². The molecular weight excluding hydrogens is 395 g/mol. The van der Waals surface area contributed by atoms with Crippen LogP contribution in [0.2, 0.25) is 0 Å². The largest absolute Gasteiger partial charge is 0.416 e. The van der Waals surface area contributed by atoms with Crippen LogP contribution in [-0.4, -0.2) is 48.4 Å². The Kier molecular flexibility index (Phi) is 8.64. The fraction of sp³-hybridized carbons (Fsp3) is 0.381. The Morgan fingerprint density at radius 2 is 1.87 bits per heavy atom. The summed E-state index contributed by atoms with van der Waals surface area (Å²) in [6.07, 6.45) is -1.99. The molecule has 0 atom stereocenters. The molecule has 0 aliphatic carbocycles. The van der Waals surface area contributed by atoms with E-state index in [0.717, 1.165) is 17.8 Å². The number of nitrogens with one attached hydrogen (secondary N) is 2. The maximum Gasteiger partial charge on any atom is 0.416 e. The zero-order chi connectivity index (χ0) is 22.0. The molecule has 0 aliphatic heterocycles. The van der Waals surface area contributed by atoms with Gasteiger partial charge in [0.25, 0.3) is 0 Å². The standard InChI is InChI=1S/C21H26F3N5O/c1-3-25-20(27-14-16-7-9-17(10-8-16)21(22,23)24)28-15-19(30)29(2)13-11-18-6-4-5-12-26-18/h4-10,12H,3,11,13-15H2,1-2H3,(H2,25,27,28). The Morgan fingerprint density at radius 3 is 2.47 bits per heavy atom. The Hall–Kier alpha value is -3.10. The van der Waals surface area contributed by atoms with Gasteiger partial charge >= 0.3 is 6.18 Å². The minimum absolute atomic E-state index is 0.0531. The Labute approximate surface area is 174 Å². The average Bonchev–Trinajstić information content (AvgIpc) is 2.74. The lowest BCUT2D eigenvalue weighted by atomic mass is 10.1. The van der Waals surface area contributed by atoms with Gasteiger partial charge in [-0.2, -0.15) is 13.2 Å². The fourth-order valence-corrected chi connectivity index (χ4v) is 2.56. The monoisotopic (exact) mass is 421 g/mol. The van der Waals surface area contributed by atoms with Gasteiger partial charge in [-0.05, 0) is 36.8 Å². The highest BCUT2D eigenvalue weighted by molar-refractivity contribution is 5.86. The number of alkyl halides is 3. The number of guanidine groups is 1. The van der Waals surface area contributed by atoms with E-state index in [1.807, 2.05) is 25.1 Å². The summed E-state index contributed by atoms with van der Waals surface area (Å²) in [4.78, 5) is 22.5. The number of aromatic nitrogens is 1. The molecule has 9 heteroatoms. The summed E-state index contributed by atoms with van der Waals surface area (Å²) in [5.41, 5.74) is 0.857. The molecule has 0 saturated heterocycles. The van der Waals surface area contributed by atoms with Crippen molar-refractivity contribution < 1.29 is 18.0 Å². The van der Waals surface area contributed by atoms with Gasteiger partial charge in [0.1, 0.15) is 0 Å². The zero-order valence-electron chi connectivity index (χ0n) is 17.0. The second-order valence-corrected chi connectivity index (χ2v) is 6.63. The first-order chi connectivity index (χ1) is 14.3. The molecule has 1 amide bonds. The summed E-state index contributed by atoms with van der Waals surface area (Å²) >= 11 is 0. The van der Waals surface area contributed by atoms with Gasteiger partial charge in [-0.3, -0.25) is 9.78 Å². The first kappa shape index (κ1) is 23.2. The molecule has 0 fully saturated rings. The van der Waals surface area contributed by atoms with E-state index in [0.29, 0.717) is 31.0 Å². The van der Waals surface area contributed by atoms with Crippen molar-refractivity contribution in [2.45, 2.75) is 26.1 Å². The molecule has 0 saturated carbocycles. The van der Waals surface area contributed by atoms with Crippen LogP contribution in [-0.2, 0) is 23.9 Å². The van der Waals surface area contributed by atoms with Gasteiger partial charge in [0.15, 0.2) is 5.96 Å². The van der Waals surface area contributed by atoms with Crippen LogP contribution in [0.4, 0.5) is 13.2 Å². The van der Waals surface area contributed by atoms with Crippen LogP contribution in [0, 0.1) is 0 Å². The highest BCUT2D eigenvalue weighted by atomic mass is 19.4. The van der Waals surface area contributed by atoms with Gasteiger partial charge in [0.05, 0.1) is 18.7 Å². The molecule has 1 aromatic carbocycles. The topological polar surface area (TPSA) is 69.6 Å². The summed E-state index contributed by atoms with van der Waals surface area (Å²) in [5, 5.41) is 5.98. The first-order valence-electron chi connectivity index (χ1n) is 9.61. The summed E-state index contributed by atoms with van der Waals surface area (Å²) in [7, 11) is 1.72. The number of carbonyl (C=O) groups excluding carboxylic acids is 1. The molecule has 1 heterocycles. The third-order valence-electron chi connectivity index (χ3n) is 4.31. The molecule has 2 N–H and O–H groups in total. The molecular formula is C21H26F3N5O. The summed E-state index contributed by atoms with van der Waals surface area (Å²) < 4.78 is 37.9. The molecule has 0 aliphatic rings. The molecule has 0 unspecified atom stereocenters. The van der Waals surface area contributed by atoms with Gasteiger partial charge in [0, 0.05) is 38.4 Å². The normalized spacial score (nSPS) is 11.8. The number of carbonyl (C=O) groups is 1. The van der Waals surface area contributed by atoms with Crippen LogP contribution in [0.3, 0.4) is 0 Å². The van der Waals surface area contributed by atoms with Gasteiger partial charge < -0.3 is 15.5 Å². The Morgan fingerprint density at radius 1 is 1.13 bits per heavy atom. The number of aliphatic imine (C=N–C) groups is 1. The average molecular weight is 421 g/mol. The number of benzene rings is 1. The second-order valence-electron chi connectivity index (χ2n) is 6.63. The predicted octanol–water partition coefficient (Wildman–Crippen LogP) is 2.86. The second kappa shape index (κ2) is 11.2. The number of hydrogen-bond acceptors (Lipinski definition) is 3. The molecule has 0 bridgehead atoms. The fourth-order valence-electron chi connectivity index (χ4n) is 2.56. The minimum atomic E-state index is -4.36. The molecule has 6 nitrogen and oxygen atoms in total. The predicted molar refractivity (Wildman–Crippen MR) is 110 cm³/mol. The van der Waals surface area contributed by atoms with E-state index >= 15 is 0 Å². The molecule has 0 radical (unpaired) electrons. The molecule has 2 aromatic rings. The number of hydrogen-bond donors (Lipinski definition) is 2. The maximum absolute atomic E-state index is 12.6. The Bertz CT molecular complexity index is 823. The van der Waals surface area contributed by atoms with Crippen molar-refractivity contribution in [3.63, 3.8) is 0 Å². The molecule has 162 valence electrons. The SMILES string of the molecule is CCNC(=NCc1ccc(C(F)(F)F)cc1)NCC(=O)N(C)CCc1ccccn1. The van der Waals surface area contributed by atoms with Crippen molar-refractivity contribution in [3.05, 3.63) is 65.5 Å². The summed E-state index contributed by atoms with van der Waals surface area (Å²) in [5.74, 6) is 0.315. The highest BCUT2D eigenvalue weighted by Crippen LogP contribution is 2.29. The van der Waals surface area contributed by atoms with Crippen molar-refractivity contribution in [3.8, 4) is 0 Å². The lowest BCUT2D eigenvalue weighted by Crippen LogP contribution is -2.44. The number of amides is 1. The maximum atomic E-state index is 12.6. The van der Waals surface area contributed by atoms with E-state index in [4.69, 9.17) is 0 Å². The summed E-state index contributed by atoms with van der Waals surface area (Å²) in [6.45, 7) is 3.25. The van der Waals surface area contributed by atoms with E-state index in [1.165, 1.54) is 12.1 Å². The lowest BCUT2D eigenvalue weighted by Gasteiger charge is -2.18. The van der Waals surface area contributed by atoms with Gasteiger partial charge in [-0.15, -0.1) is 0 Å². The number of likely N-dealkylation sites (N-methyl/N-ethyl adjacent to an activating group) is 1. The van der Waals surface area contributed by atoms with E-state index in [-0.39, 0.29) is 19.0 Å².